The van der Waals surface area contributed by atoms with Gasteiger partial charge in [0.2, 0.25) is 5.91 Å². The molecule has 130 valence electrons. The van der Waals surface area contributed by atoms with E-state index in [0.29, 0.717) is 5.69 Å². The number of nitrogens with zero attached hydrogens (tertiary/aromatic N) is 3. The van der Waals surface area contributed by atoms with Crippen molar-refractivity contribution < 1.29 is 14.0 Å². The summed E-state index contributed by atoms with van der Waals surface area (Å²) in [6.45, 7) is 1.82. The van der Waals surface area contributed by atoms with Crippen LogP contribution in [0.2, 0.25) is 5.35 Å². The molecule has 0 saturated heterocycles. The molecule has 25 heavy (non-hydrogen) atoms. The fourth-order valence-corrected chi connectivity index (χ4v) is 2.69. The molecular formula is C16H16ClN5O3. The molecule has 0 radical (unpaired) electrons. The number of hydrogen-bond acceptors (Lipinski definition) is 6. The van der Waals surface area contributed by atoms with Crippen molar-refractivity contribution in [2.75, 3.05) is 12.4 Å². The number of nitrogens with one attached hydrogen (secondary N) is 1. The molecule has 3 rings (SSSR count). The van der Waals surface area contributed by atoms with Gasteiger partial charge in [-0.3, -0.25) is 14.5 Å². The summed E-state index contributed by atoms with van der Waals surface area (Å²) in [6, 6.07) is 7.06. The van der Waals surface area contributed by atoms with Crippen molar-refractivity contribution in [3.8, 4) is 0 Å². The number of carbonyl (C=O) groups is 2. The van der Waals surface area contributed by atoms with Crippen molar-refractivity contribution in [3.63, 3.8) is 0 Å². The number of oxazole rings is 1. The zero-order valence-electron chi connectivity index (χ0n) is 13.6. The lowest BCUT2D eigenvalue weighted by atomic mass is 9.87. The maximum Gasteiger partial charge on any atom is 0.292 e. The molecule has 1 aromatic heterocycles. The van der Waals surface area contributed by atoms with E-state index in [1.165, 1.54) is 11.2 Å². The lowest BCUT2D eigenvalue weighted by Gasteiger charge is -2.33. The maximum atomic E-state index is 12.1. The van der Waals surface area contributed by atoms with Gasteiger partial charge < -0.3 is 15.5 Å². The summed E-state index contributed by atoms with van der Waals surface area (Å²) in [5.41, 5.74) is 6.39. The number of anilines is 1. The van der Waals surface area contributed by atoms with Crippen LogP contribution >= 0.6 is 11.6 Å². The molecule has 2 heterocycles. The monoisotopic (exact) mass is 361 g/mol. The number of guanidine groups is 1. The largest absolute Gasteiger partial charge is 0.435 e. The highest BCUT2D eigenvalue weighted by atomic mass is 35.5. The summed E-state index contributed by atoms with van der Waals surface area (Å²) in [6.07, 6.45) is 1.35. The van der Waals surface area contributed by atoms with Crippen LogP contribution in [0.4, 0.5) is 5.69 Å². The van der Waals surface area contributed by atoms with Crippen LogP contribution in [-0.4, -0.2) is 34.7 Å². The molecule has 0 aliphatic carbocycles. The van der Waals surface area contributed by atoms with Crippen molar-refractivity contribution in [2.24, 2.45) is 10.7 Å². The van der Waals surface area contributed by atoms with Gasteiger partial charge in [0.05, 0.1) is 12.0 Å². The number of aliphatic imine (C=N–C) groups is 1. The number of nitrogens with two attached hydrogens (primary N) is 1. The molecule has 1 aliphatic heterocycles. The van der Waals surface area contributed by atoms with Crippen molar-refractivity contribution in [1.29, 1.82) is 0 Å². The van der Waals surface area contributed by atoms with Crippen molar-refractivity contribution >= 4 is 35.1 Å². The lowest BCUT2D eigenvalue weighted by Crippen LogP contribution is -2.47. The summed E-state index contributed by atoms with van der Waals surface area (Å²) in [7, 11) is 1.58. The lowest BCUT2D eigenvalue weighted by molar-refractivity contribution is -0.128. The molecule has 2 aromatic rings. The van der Waals surface area contributed by atoms with Gasteiger partial charge in [-0.25, -0.2) is 4.99 Å². The highest BCUT2D eigenvalue weighted by Crippen LogP contribution is 2.34. The standard InChI is InChI=1S/C16H16ClN5O3/c1-16(7-12(23)22(2)15(18)21-16)9-4-3-5-10(6-9)19-13(24)11-8-25-14(17)20-11/h3-6,8H,7H2,1-2H3,(H2,18,21)(H,19,24). The van der Waals surface area contributed by atoms with E-state index in [9.17, 15) is 9.59 Å². The third kappa shape index (κ3) is 3.34. The zero-order valence-corrected chi connectivity index (χ0v) is 14.4. The van der Waals surface area contributed by atoms with Crippen LogP contribution in [0, 0.1) is 0 Å². The fraction of sp³-hybridized carbons (Fsp3) is 0.250. The average molecular weight is 362 g/mol. The Balaban J connectivity index is 1.87. The fourth-order valence-electron chi connectivity index (χ4n) is 2.56. The minimum Gasteiger partial charge on any atom is -0.435 e. The van der Waals surface area contributed by atoms with E-state index in [2.05, 4.69) is 15.3 Å². The average Bonchev–Trinajstić information content (AvgIpc) is 2.99. The number of halogens is 1. The third-order valence-electron chi connectivity index (χ3n) is 4.03. The predicted octanol–water partition coefficient (Wildman–Crippen LogP) is 1.97. The number of rotatable bonds is 3. The van der Waals surface area contributed by atoms with Crippen LogP contribution in [-0.2, 0) is 10.3 Å². The Labute approximate surface area is 148 Å². The van der Waals surface area contributed by atoms with Crippen LogP contribution in [0.5, 0.6) is 0 Å². The van der Waals surface area contributed by atoms with Gasteiger partial charge in [0.25, 0.3) is 11.3 Å². The zero-order chi connectivity index (χ0) is 18.2. The van der Waals surface area contributed by atoms with Gasteiger partial charge in [0.1, 0.15) is 6.26 Å². The molecule has 3 N–H and O–H groups in total. The molecule has 2 amide bonds. The summed E-state index contributed by atoms with van der Waals surface area (Å²) >= 11 is 5.57. The SMILES string of the molecule is CN1C(=O)CC(C)(c2cccc(NC(=O)c3coc(Cl)n3)c2)N=C1N. The Morgan fingerprint density at radius 1 is 1.48 bits per heavy atom. The van der Waals surface area contributed by atoms with Crippen molar-refractivity contribution in [3.05, 3.63) is 47.1 Å². The molecule has 1 atom stereocenters. The van der Waals surface area contributed by atoms with Crippen LogP contribution < -0.4 is 11.1 Å². The minimum absolute atomic E-state index is 0.0679. The smallest absolute Gasteiger partial charge is 0.292 e. The molecule has 1 aliphatic rings. The summed E-state index contributed by atoms with van der Waals surface area (Å²) in [4.78, 5) is 33.8. The number of aromatic nitrogens is 1. The molecule has 1 aromatic carbocycles. The molecule has 9 heteroatoms. The van der Waals surface area contributed by atoms with Gasteiger partial charge in [-0.05, 0) is 36.2 Å². The molecule has 0 saturated carbocycles. The van der Waals surface area contributed by atoms with Crippen molar-refractivity contribution in [1.82, 2.24) is 9.88 Å². The van der Waals surface area contributed by atoms with Crippen LogP contribution in [0.1, 0.15) is 29.4 Å². The quantitative estimate of drug-likeness (QED) is 0.867. The number of hydrogen-bond donors (Lipinski definition) is 2. The Bertz CT molecular complexity index is 878. The van der Waals surface area contributed by atoms with Gasteiger partial charge >= 0.3 is 0 Å². The second kappa shape index (κ2) is 6.21. The van der Waals surface area contributed by atoms with Crippen LogP contribution in [0.15, 0.2) is 39.9 Å². The van der Waals surface area contributed by atoms with E-state index in [-0.39, 0.29) is 29.3 Å². The molecule has 0 fully saturated rings. The Kier molecular flexibility index (Phi) is 4.22. The Hall–Kier alpha value is -2.87. The van der Waals surface area contributed by atoms with Crippen molar-refractivity contribution in [2.45, 2.75) is 18.9 Å². The predicted molar refractivity (Wildman–Crippen MR) is 92.3 cm³/mol. The number of carbonyl (C=O) groups excluding carboxylic acids is 2. The topological polar surface area (TPSA) is 114 Å². The van der Waals surface area contributed by atoms with E-state index >= 15 is 0 Å². The van der Waals surface area contributed by atoms with E-state index in [4.69, 9.17) is 21.8 Å². The summed E-state index contributed by atoms with van der Waals surface area (Å²) < 4.78 is 4.81. The first-order valence-electron chi connectivity index (χ1n) is 7.43. The Morgan fingerprint density at radius 3 is 2.88 bits per heavy atom. The first-order valence-corrected chi connectivity index (χ1v) is 7.81. The highest BCUT2D eigenvalue weighted by molar-refractivity contribution is 6.28. The first kappa shape index (κ1) is 17.0. The minimum atomic E-state index is -0.800. The van der Waals surface area contributed by atoms with Gasteiger partial charge in [0, 0.05) is 12.7 Å². The Morgan fingerprint density at radius 2 is 2.24 bits per heavy atom. The molecule has 1 unspecified atom stereocenters. The highest BCUT2D eigenvalue weighted by Gasteiger charge is 2.36. The van der Waals surface area contributed by atoms with E-state index in [1.807, 2.05) is 13.0 Å². The second-order valence-electron chi connectivity index (χ2n) is 5.89. The summed E-state index contributed by atoms with van der Waals surface area (Å²) in [5, 5.41) is 2.59. The van der Waals surface area contributed by atoms with E-state index in [0.717, 1.165) is 5.56 Å². The molecule has 8 nitrogen and oxygen atoms in total. The molecular weight excluding hydrogens is 346 g/mol. The summed E-state index contributed by atoms with van der Waals surface area (Å²) in [5.74, 6) is -0.424. The normalized spacial score (nSPS) is 20.4. The number of benzene rings is 1. The molecule has 0 spiro atoms. The van der Waals surface area contributed by atoms with Gasteiger partial charge in [-0.1, -0.05) is 12.1 Å². The first-order chi connectivity index (χ1) is 11.8. The van der Waals surface area contributed by atoms with Gasteiger partial charge in [-0.2, -0.15) is 4.98 Å². The van der Waals surface area contributed by atoms with Crippen LogP contribution in [0.3, 0.4) is 0 Å². The third-order valence-corrected chi connectivity index (χ3v) is 4.20. The molecule has 0 bridgehead atoms. The van der Waals surface area contributed by atoms with E-state index < -0.39 is 11.4 Å². The van der Waals surface area contributed by atoms with Crippen LogP contribution in [0.25, 0.3) is 0 Å². The van der Waals surface area contributed by atoms with E-state index in [1.54, 1.807) is 25.2 Å². The maximum absolute atomic E-state index is 12.1. The van der Waals surface area contributed by atoms with Gasteiger partial charge in [-0.15, -0.1) is 0 Å². The van der Waals surface area contributed by atoms with Gasteiger partial charge in [0.15, 0.2) is 11.7 Å². The number of amides is 2. The second-order valence-corrected chi connectivity index (χ2v) is 6.22.